The number of alkyl halides is 6. The summed E-state index contributed by atoms with van der Waals surface area (Å²) in [6.45, 7) is 11.3. The van der Waals surface area contributed by atoms with E-state index in [4.69, 9.17) is 46.4 Å². The first-order valence-electron chi connectivity index (χ1n) is 25.7. The molecular formula is C58H61ClF8N10O5S. The number of nitrogens with zero attached hydrogens (tertiary/aromatic N) is 9. The monoisotopic (exact) mass is 1200 g/mol. The minimum absolute atomic E-state index is 0.0870. The van der Waals surface area contributed by atoms with Gasteiger partial charge in [-0.15, -0.1) is 12.8 Å². The molecule has 1 saturated carbocycles. The van der Waals surface area contributed by atoms with E-state index in [1.807, 2.05) is 38.5 Å². The van der Waals surface area contributed by atoms with Crippen molar-refractivity contribution in [1.82, 2.24) is 43.6 Å². The third kappa shape index (κ3) is 16.5. The molecule has 7 aromatic rings. The van der Waals surface area contributed by atoms with Crippen LogP contribution in [0.2, 0.25) is 5.02 Å². The molecule has 2 aliphatic carbocycles. The van der Waals surface area contributed by atoms with Crippen molar-refractivity contribution in [2.75, 3.05) is 13.4 Å². The molecule has 0 bridgehead atoms. The first kappa shape index (κ1) is 64.3. The number of aliphatic carboxylic acids is 1. The number of fused-ring (bicyclic) bond motifs is 4. The molecule has 5 aromatic heterocycles. The Morgan fingerprint density at radius 3 is 2.00 bits per heavy atom. The molecule has 5 heterocycles. The van der Waals surface area contributed by atoms with E-state index >= 15 is 8.78 Å². The molecule has 0 saturated heterocycles. The van der Waals surface area contributed by atoms with Crippen molar-refractivity contribution < 1.29 is 59.6 Å². The number of sulfone groups is 1. The lowest BCUT2D eigenvalue weighted by molar-refractivity contribution is -0.142. The molecule has 25 heteroatoms. The number of carboxylic acid groups (broad SMARTS) is 1. The molecule has 442 valence electrons. The van der Waals surface area contributed by atoms with E-state index < -0.39 is 117 Å². The Kier molecular flexibility index (Phi) is 19.9. The van der Waals surface area contributed by atoms with Crippen molar-refractivity contribution in [3.8, 4) is 47.7 Å². The number of benzene rings is 2. The summed E-state index contributed by atoms with van der Waals surface area (Å²) in [5, 5.41) is 15.9. The van der Waals surface area contributed by atoms with E-state index in [1.54, 1.807) is 74.9 Å². The summed E-state index contributed by atoms with van der Waals surface area (Å²) in [4.78, 5) is 36.1. The molecule has 2 aromatic carbocycles. The van der Waals surface area contributed by atoms with Gasteiger partial charge in [0.1, 0.15) is 40.6 Å². The molecule has 3 atom stereocenters. The van der Waals surface area contributed by atoms with Gasteiger partial charge in [-0.25, -0.2) is 32.2 Å². The van der Waals surface area contributed by atoms with Crippen molar-refractivity contribution in [2.45, 2.75) is 121 Å². The largest absolute Gasteiger partial charge is 0.481 e. The van der Waals surface area contributed by atoms with Crippen LogP contribution in [0.1, 0.15) is 114 Å². The number of ketones is 1. The van der Waals surface area contributed by atoms with Gasteiger partial charge in [0.15, 0.2) is 21.3 Å². The summed E-state index contributed by atoms with van der Waals surface area (Å²) >= 11 is 6.67. The van der Waals surface area contributed by atoms with Gasteiger partial charge in [0, 0.05) is 91.4 Å². The smallest absolute Gasteiger partial charge is 0.435 e. The number of terminal acetylenes is 2. The number of hydrogen-bond donors (Lipinski definition) is 2. The minimum atomic E-state index is -5.06. The first-order valence-corrected chi connectivity index (χ1v) is 27.5. The highest BCUT2D eigenvalue weighted by Crippen LogP contribution is 2.68. The number of halogens is 9. The molecule has 0 spiro atoms. The topological polar surface area (TPSA) is 199 Å². The number of Topliss-reactive ketones (excluding diaryl/α,β-unsaturated/α-hetero) is 1. The summed E-state index contributed by atoms with van der Waals surface area (Å²) < 4.78 is 149. The van der Waals surface area contributed by atoms with Crippen LogP contribution in [0, 0.1) is 54.1 Å². The number of carbonyl (C=O) groups is 2. The molecule has 0 unspecified atom stereocenters. The molecular weight excluding hydrogens is 1140 g/mol. The summed E-state index contributed by atoms with van der Waals surface area (Å²) in [7, 11) is -3.02. The molecule has 1 fully saturated rings. The Balaban J connectivity index is 0.000000472. The minimum Gasteiger partial charge on any atom is -0.481 e. The molecule has 0 amide bonds. The van der Waals surface area contributed by atoms with Gasteiger partial charge in [0.25, 0.3) is 11.9 Å². The lowest BCUT2D eigenvalue weighted by Gasteiger charge is -2.22. The molecule has 2 aliphatic rings. The Morgan fingerprint density at radius 1 is 0.940 bits per heavy atom. The lowest BCUT2D eigenvalue weighted by Crippen LogP contribution is -2.28. The summed E-state index contributed by atoms with van der Waals surface area (Å²) in [5.74, 6) is 0.181. The fourth-order valence-corrected chi connectivity index (χ4v) is 9.98. The fraction of sp³-hybridized carbons (Fsp3) is 0.397. The highest BCUT2D eigenvalue weighted by atomic mass is 35.5. The molecule has 9 rings (SSSR count). The van der Waals surface area contributed by atoms with Gasteiger partial charge in [-0.05, 0) is 102 Å². The number of aryl methyl sites for hydroxylation is 1. The lowest BCUT2D eigenvalue weighted by atomic mass is 9.86. The highest BCUT2D eigenvalue weighted by Gasteiger charge is 2.68. The summed E-state index contributed by atoms with van der Waals surface area (Å²) in [5.41, 5.74) is 2.54. The van der Waals surface area contributed by atoms with Crippen molar-refractivity contribution >= 4 is 44.1 Å². The Morgan fingerprint density at radius 2 is 1.49 bits per heavy atom. The van der Waals surface area contributed by atoms with Gasteiger partial charge in [-0.1, -0.05) is 35.4 Å². The molecule has 83 heavy (non-hydrogen) atoms. The average Bonchev–Trinajstić information content (AvgIpc) is 1.84. The van der Waals surface area contributed by atoms with Gasteiger partial charge in [-0.2, -0.15) is 32.1 Å². The second-order valence-electron chi connectivity index (χ2n) is 21.2. The van der Waals surface area contributed by atoms with E-state index in [1.165, 1.54) is 10.7 Å². The van der Waals surface area contributed by atoms with Crippen LogP contribution in [0.3, 0.4) is 0 Å². The van der Waals surface area contributed by atoms with Crippen LogP contribution in [0.15, 0.2) is 79.9 Å². The molecule has 0 radical (unpaired) electrons. The quantitative estimate of drug-likeness (QED) is 0.0872. The fourth-order valence-electron chi connectivity index (χ4n) is 9.02. The van der Waals surface area contributed by atoms with Crippen LogP contribution >= 0.6 is 11.6 Å². The van der Waals surface area contributed by atoms with Gasteiger partial charge >= 0.3 is 6.18 Å². The zero-order valence-electron chi connectivity index (χ0n) is 47.6. The van der Waals surface area contributed by atoms with Crippen LogP contribution in [0.4, 0.5) is 35.1 Å². The summed E-state index contributed by atoms with van der Waals surface area (Å²) in [6.07, 6.45) is 15.5. The number of pyridine rings is 1. The maximum absolute atomic E-state index is 15.5. The van der Waals surface area contributed by atoms with E-state index in [2.05, 4.69) is 43.8 Å². The molecule has 15 nitrogen and oxygen atoms in total. The SMILES string of the molecule is C#CC(C)(C)N.C#CC(C)(C)n1ccnc1.CC(=O)O.Cn1nc(CS(C)(=O)=O)c2c(Cl)ccc(-c3ccc(C#CC(C)(C)n4ccnc4)nc3[C@@H](CC(=O)Cn3nc(C(F)(F)F)c4c3C(F)(F)[C@@H]3C[C@H]43)Cc3cc(F)cc(F)c3)c21.[2H]CF. The number of aromatic nitrogens is 9. The Bertz CT molecular complexity index is 3750. The van der Waals surface area contributed by atoms with Crippen LogP contribution in [0.25, 0.3) is 22.0 Å². The van der Waals surface area contributed by atoms with Crippen LogP contribution in [-0.2, 0) is 68.4 Å². The van der Waals surface area contributed by atoms with Crippen LogP contribution in [0.5, 0.6) is 0 Å². The number of carbonyl (C=O) groups excluding carboxylic acids is 1. The van der Waals surface area contributed by atoms with E-state index in [9.17, 15) is 39.6 Å². The maximum atomic E-state index is 15.5. The molecule has 3 N–H and O–H groups in total. The van der Waals surface area contributed by atoms with Gasteiger partial charge in [0.05, 0.1) is 54.4 Å². The highest BCUT2D eigenvalue weighted by molar-refractivity contribution is 7.89. The van der Waals surface area contributed by atoms with Gasteiger partial charge in [-0.3, -0.25) is 23.3 Å². The van der Waals surface area contributed by atoms with E-state index in [-0.39, 0.29) is 46.0 Å². The number of nitrogens with two attached hydrogens (primary N) is 1. The predicted molar refractivity (Wildman–Crippen MR) is 298 cm³/mol. The molecule has 0 aliphatic heterocycles. The standard InChI is InChI=1S/C42H35ClF7N7O3S.C8H10N2.C5H9N.C2H4O2.CH3F/c1-40(2,56-12-11-51-21-56)10-9-26-5-6-28(29-7-8-32(43)35-33(20-61(4,59)60)53-55(3)37(29)35)36(52-26)23(13-22-14-24(44)17-25(45)15-22)16-27(58)19-57-39-34(38(54-57)42(48,49)50)30-18-31(30)41(39,46)47;1-4-8(2,3)10-6-5-9-7-10;1-4-5(2,3)6;1-2(3)4;1-2/h5-8,11-12,14-15,17,21,23,30-31H,13,16,18-20H2,1-4H3;1,5-7H,2-3H3;1H,6H2,2-3H3;1H3,(H,3,4);1H3/t23-,30+,31-;;;;/m1..../s1/i;;;;1D. The number of carboxylic acids is 1. The Hall–Kier alpha value is -7.85. The van der Waals surface area contributed by atoms with E-state index in [0.29, 0.717) is 32.8 Å². The first-order chi connectivity index (χ1) is 38.9. The van der Waals surface area contributed by atoms with Crippen LogP contribution < -0.4 is 5.73 Å². The van der Waals surface area contributed by atoms with Crippen molar-refractivity contribution in [3.05, 3.63) is 136 Å². The zero-order chi connectivity index (χ0) is 63.1. The summed E-state index contributed by atoms with van der Waals surface area (Å²) in [6, 6.07) is 9.18. The van der Waals surface area contributed by atoms with Gasteiger partial charge in [0.2, 0.25) is 0 Å². The normalized spacial score (nSPS) is 15.5. The third-order valence-electron chi connectivity index (χ3n) is 12.9. The second-order valence-corrected chi connectivity index (χ2v) is 23.7. The number of hydrogen-bond acceptors (Lipinski definition) is 10. The van der Waals surface area contributed by atoms with Crippen molar-refractivity contribution in [3.63, 3.8) is 0 Å². The number of rotatable bonds is 12. The second kappa shape index (κ2) is 25.7. The predicted octanol–water partition coefficient (Wildman–Crippen LogP) is 10.8. The van der Waals surface area contributed by atoms with Gasteiger partial charge < -0.3 is 20.0 Å². The van der Waals surface area contributed by atoms with Crippen molar-refractivity contribution in [1.29, 1.82) is 0 Å². The van der Waals surface area contributed by atoms with Crippen molar-refractivity contribution in [2.24, 2.45) is 18.7 Å². The van der Waals surface area contributed by atoms with Crippen LogP contribution in [-0.4, -0.2) is 87.9 Å². The zero-order valence-corrected chi connectivity index (χ0v) is 48.2. The average molecular weight is 1200 g/mol. The Labute approximate surface area is 482 Å². The third-order valence-corrected chi connectivity index (χ3v) is 14.0. The van der Waals surface area contributed by atoms with E-state index in [0.717, 1.165) is 25.3 Å². The number of imidazole rings is 2. The maximum Gasteiger partial charge on any atom is 0.435 e.